The van der Waals surface area contributed by atoms with Crippen LogP contribution in [-0.4, -0.2) is 73.2 Å². The minimum absolute atomic E-state index is 0.0330. The predicted octanol–water partition coefficient (Wildman–Crippen LogP) is 6.89. The third-order valence-electron chi connectivity index (χ3n) is 5.96. The van der Waals surface area contributed by atoms with Gasteiger partial charge < -0.3 is 23.5 Å². The Kier molecular flexibility index (Phi) is 9.31. The molecule has 0 unspecified atom stereocenters. The van der Waals surface area contributed by atoms with E-state index in [2.05, 4.69) is 15.2 Å². The number of hydrogen-bond donors (Lipinski definition) is 0. The molecule has 1 aliphatic rings. The van der Waals surface area contributed by atoms with E-state index in [9.17, 15) is 14.4 Å². The van der Waals surface area contributed by atoms with Crippen LogP contribution in [0, 0.1) is 0 Å². The SMILES string of the molecule is CC(C)(C)OC(=O)N1CC=C(c2cnc(N(C(=O)OC(C)(C)C)C(=O)OC(C)(C)C)c(-c3nnc(-c4ccccc4)o3)n2)CC1. The molecule has 3 aromatic rings. The number of benzene rings is 1. The summed E-state index contributed by atoms with van der Waals surface area (Å²) in [5, 5.41) is 8.35. The lowest BCUT2D eigenvalue weighted by Crippen LogP contribution is -2.44. The number of aromatic nitrogens is 4. The van der Waals surface area contributed by atoms with Gasteiger partial charge in [0.25, 0.3) is 5.89 Å². The van der Waals surface area contributed by atoms with Gasteiger partial charge >= 0.3 is 18.3 Å². The Bertz CT molecular complexity index is 1550. The molecule has 13 heteroatoms. The minimum Gasteiger partial charge on any atom is -0.444 e. The van der Waals surface area contributed by atoms with Gasteiger partial charge in [-0.2, -0.15) is 4.90 Å². The second kappa shape index (κ2) is 12.7. The van der Waals surface area contributed by atoms with Gasteiger partial charge in [0.2, 0.25) is 5.89 Å². The van der Waals surface area contributed by atoms with E-state index in [0.717, 1.165) is 5.57 Å². The number of imide groups is 1. The van der Waals surface area contributed by atoms with Crippen molar-refractivity contribution >= 4 is 29.7 Å². The Hall–Kier alpha value is -4.81. The number of anilines is 1. The first-order chi connectivity index (χ1) is 20.9. The largest absolute Gasteiger partial charge is 0.444 e. The van der Waals surface area contributed by atoms with Gasteiger partial charge in [-0.15, -0.1) is 10.2 Å². The minimum atomic E-state index is -1.02. The van der Waals surface area contributed by atoms with Crippen molar-refractivity contribution in [1.29, 1.82) is 0 Å². The molecule has 0 aliphatic carbocycles. The molecule has 3 heterocycles. The van der Waals surface area contributed by atoms with Crippen LogP contribution in [0.4, 0.5) is 20.2 Å². The van der Waals surface area contributed by atoms with Crippen molar-refractivity contribution in [1.82, 2.24) is 25.1 Å². The molecule has 1 aliphatic heterocycles. The van der Waals surface area contributed by atoms with Crippen LogP contribution in [0.15, 0.2) is 47.0 Å². The monoisotopic (exact) mass is 620 g/mol. The summed E-state index contributed by atoms with van der Waals surface area (Å²) in [6, 6.07) is 9.12. The van der Waals surface area contributed by atoms with Crippen molar-refractivity contribution in [3.05, 3.63) is 48.3 Å². The molecule has 45 heavy (non-hydrogen) atoms. The summed E-state index contributed by atoms with van der Waals surface area (Å²) >= 11 is 0. The summed E-state index contributed by atoms with van der Waals surface area (Å²) in [5.74, 6) is -0.0888. The average Bonchev–Trinajstić information content (AvgIpc) is 3.41. The number of ether oxygens (including phenoxy) is 3. The average molecular weight is 621 g/mol. The second-order valence-corrected chi connectivity index (χ2v) is 13.4. The zero-order chi connectivity index (χ0) is 33.2. The topological polar surface area (TPSA) is 150 Å². The van der Waals surface area contributed by atoms with Crippen LogP contribution < -0.4 is 4.90 Å². The zero-order valence-corrected chi connectivity index (χ0v) is 27.2. The number of carbonyl (C=O) groups is 3. The quantitative estimate of drug-likeness (QED) is 0.280. The summed E-state index contributed by atoms with van der Waals surface area (Å²) in [6.07, 6.45) is 1.28. The van der Waals surface area contributed by atoms with E-state index < -0.39 is 35.1 Å². The van der Waals surface area contributed by atoms with Crippen molar-refractivity contribution in [2.24, 2.45) is 0 Å². The molecule has 240 valence electrons. The number of nitrogens with zero attached hydrogens (tertiary/aromatic N) is 6. The highest BCUT2D eigenvalue weighted by molar-refractivity contribution is 6.10. The maximum Gasteiger partial charge on any atom is 0.425 e. The molecule has 0 saturated carbocycles. The maximum atomic E-state index is 13.5. The molecular weight excluding hydrogens is 580 g/mol. The summed E-state index contributed by atoms with van der Waals surface area (Å²) in [7, 11) is 0. The lowest BCUT2D eigenvalue weighted by atomic mass is 10.1. The highest BCUT2D eigenvalue weighted by atomic mass is 16.6. The van der Waals surface area contributed by atoms with Gasteiger partial charge in [0.15, 0.2) is 11.5 Å². The molecule has 13 nitrogen and oxygen atoms in total. The summed E-state index contributed by atoms with van der Waals surface area (Å²) in [5.41, 5.74) is -0.645. The van der Waals surface area contributed by atoms with Crippen LogP contribution in [0.3, 0.4) is 0 Å². The van der Waals surface area contributed by atoms with Crippen LogP contribution in [0.5, 0.6) is 0 Å². The van der Waals surface area contributed by atoms with Gasteiger partial charge in [0.05, 0.1) is 11.9 Å². The predicted molar refractivity (Wildman–Crippen MR) is 166 cm³/mol. The van der Waals surface area contributed by atoms with Gasteiger partial charge in [-0.05, 0) is 86.4 Å². The Morgan fingerprint density at radius 2 is 1.40 bits per heavy atom. The smallest absolute Gasteiger partial charge is 0.425 e. The van der Waals surface area contributed by atoms with E-state index in [0.29, 0.717) is 35.7 Å². The fraction of sp³-hybridized carbons (Fsp3) is 0.469. The first-order valence-electron chi connectivity index (χ1n) is 14.6. The lowest BCUT2D eigenvalue weighted by molar-refractivity contribution is 0.0269. The molecular formula is C32H40N6O7. The van der Waals surface area contributed by atoms with Gasteiger partial charge in [-0.25, -0.2) is 24.4 Å². The zero-order valence-electron chi connectivity index (χ0n) is 27.2. The van der Waals surface area contributed by atoms with Crippen molar-refractivity contribution < 1.29 is 33.0 Å². The van der Waals surface area contributed by atoms with Crippen LogP contribution in [0.25, 0.3) is 28.6 Å². The molecule has 0 fully saturated rings. The van der Waals surface area contributed by atoms with E-state index in [1.54, 1.807) is 58.6 Å². The molecule has 0 atom stereocenters. The summed E-state index contributed by atoms with van der Waals surface area (Å²) < 4.78 is 22.6. The lowest BCUT2D eigenvalue weighted by Gasteiger charge is -2.30. The molecule has 4 rings (SSSR count). The third-order valence-corrected chi connectivity index (χ3v) is 5.96. The number of carbonyl (C=O) groups excluding carboxylic acids is 3. The summed E-state index contributed by atoms with van der Waals surface area (Å²) in [4.78, 5) is 51.1. The van der Waals surface area contributed by atoms with Gasteiger partial charge in [-0.1, -0.05) is 24.3 Å². The van der Waals surface area contributed by atoms with Crippen LogP contribution in [0.2, 0.25) is 0 Å². The van der Waals surface area contributed by atoms with Gasteiger partial charge in [0.1, 0.15) is 16.8 Å². The molecule has 0 saturated heterocycles. The molecule has 0 bridgehead atoms. The summed E-state index contributed by atoms with van der Waals surface area (Å²) in [6.45, 7) is 16.2. The Labute approximate surface area is 262 Å². The molecule has 0 spiro atoms. The third kappa shape index (κ3) is 8.87. The standard InChI is InChI=1S/C32H40N6O7/c1-30(2,3)43-27(39)37-17-15-20(16-18-37)22-19-33-24(38(28(40)44-31(4,5)6)29(41)45-32(7,8)9)23(34-22)26-36-35-25(42-26)21-13-11-10-12-14-21/h10-15,19H,16-18H2,1-9H3. The highest BCUT2D eigenvalue weighted by Crippen LogP contribution is 2.33. The van der Waals surface area contributed by atoms with Crippen LogP contribution >= 0.6 is 0 Å². The van der Waals surface area contributed by atoms with Crippen molar-refractivity contribution in [3.8, 4) is 23.0 Å². The molecule has 3 amide bonds. The second-order valence-electron chi connectivity index (χ2n) is 13.4. The number of hydrogen-bond acceptors (Lipinski definition) is 11. The number of rotatable bonds is 4. The number of amides is 3. The van der Waals surface area contributed by atoms with E-state index in [1.165, 1.54) is 6.20 Å². The van der Waals surface area contributed by atoms with Crippen molar-refractivity contribution in [3.63, 3.8) is 0 Å². The van der Waals surface area contributed by atoms with Gasteiger partial charge in [0, 0.05) is 18.7 Å². The van der Waals surface area contributed by atoms with Crippen molar-refractivity contribution in [2.45, 2.75) is 85.5 Å². The van der Waals surface area contributed by atoms with Crippen LogP contribution in [-0.2, 0) is 14.2 Å². The molecule has 0 radical (unpaired) electrons. The highest BCUT2D eigenvalue weighted by Gasteiger charge is 2.37. The molecule has 1 aromatic carbocycles. The van der Waals surface area contributed by atoms with E-state index in [1.807, 2.05) is 45.0 Å². The van der Waals surface area contributed by atoms with E-state index in [4.69, 9.17) is 23.6 Å². The first-order valence-corrected chi connectivity index (χ1v) is 14.6. The maximum absolute atomic E-state index is 13.5. The van der Waals surface area contributed by atoms with Gasteiger partial charge in [-0.3, -0.25) is 0 Å². The fourth-order valence-electron chi connectivity index (χ4n) is 4.12. The van der Waals surface area contributed by atoms with E-state index >= 15 is 0 Å². The Morgan fingerprint density at radius 3 is 1.93 bits per heavy atom. The Morgan fingerprint density at radius 1 is 0.822 bits per heavy atom. The van der Waals surface area contributed by atoms with Crippen LogP contribution in [0.1, 0.15) is 74.4 Å². The molecule has 0 N–H and O–H groups in total. The Balaban J connectivity index is 1.80. The fourth-order valence-corrected chi connectivity index (χ4v) is 4.12. The van der Waals surface area contributed by atoms with Crippen molar-refractivity contribution in [2.75, 3.05) is 18.0 Å². The molecule has 2 aromatic heterocycles. The normalized spacial score (nSPS) is 14.0. The first kappa shape index (κ1) is 33.1. The van der Waals surface area contributed by atoms with E-state index in [-0.39, 0.29) is 23.3 Å².